The normalized spacial score (nSPS) is 11.9. The van der Waals surface area contributed by atoms with E-state index in [9.17, 15) is 0 Å². The molecule has 10 aromatic carbocycles. The molecule has 0 spiro atoms. The van der Waals surface area contributed by atoms with Gasteiger partial charge in [0.05, 0.1) is 0 Å². The van der Waals surface area contributed by atoms with Gasteiger partial charge in [-0.05, 0) is 109 Å². The van der Waals surface area contributed by atoms with Crippen molar-refractivity contribution >= 4 is 76.2 Å². The summed E-state index contributed by atoms with van der Waals surface area (Å²) >= 11 is 0. The molecule has 13 aromatic rings. The number of fused-ring (bicyclic) bond motifs is 9. The van der Waals surface area contributed by atoms with Crippen LogP contribution in [-0.4, -0.2) is 15.0 Å². The van der Waals surface area contributed by atoms with E-state index < -0.39 is 0 Å². The Morgan fingerprint density at radius 1 is 0.258 bits per heavy atom. The Labute approximate surface area is 355 Å². The molecule has 3 heterocycles. The number of furan rings is 2. The predicted molar refractivity (Wildman–Crippen MR) is 254 cm³/mol. The third-order valence-electron chi connectivity index (χ3n) is 12.3. The van der Waals surface area contributed by atoms with E-state index in [-0.39, 0.29) is 0 Å². The summed E-state index contributed by atoms with van der Waals surface area (Å²) in [5.74, 6) is 1.78. The molecule has 0 unspecified atom stereocenters. The Kier molecular flexibility index (Phi) is 7.54. The number of rotatable bonds is 5. The molecule has 288 valence electrons. The van der Waals surface area contributed by atoms with Crippen molar-refractivity contribution in [3.8, 4) is 56.4 Å². The second-order valence-electron chi connectivity index (χ2n) is 16.0. The molecule has 5 nitrogen and oxygen atoms in total. The third kappa shape index (κ3) is 5.60. The molecule has 13 rings (SSSR count). The molecule has 0 aliphatic heterocycles. The van der Waals surface area contributed by atoms with Crippen molar-refractivity contribution in [3.05, 3.63) is 200 Å². The SMILES string of the molecule is c1ccc2cc(-c3ccc(-c4nc(-c5ccc6cc7c(cc6c5)oc5ccccc57)nc(-c5cc(-c6cccc7oc8ccccc8c67)c6ccccc6c5)n4)cc3)ccc2c1. The summed E-state index contributed by atoms with van der Waals surface area (Å²) in [6.07, 6.45) is 0. The van der Waals surface area contributed by atoms with Crippen LogP contribution in [0.3, 0.4) is 0 Å². The lowest BCUT2D eigenvalue weighted by Crippen LogP contribution is -2.00. The molecule has 5 heteroatoms. The first kappa shape index (κ1) is 34.5. The average molecular weight is 792 g/mol. The molecule has 0 aliphatic rings. The second-order valence-corrected chi connectivity index (χ2v) is 16.0. The molecule has 0 aliphatic carbocycles. The van der Waals surface area contributed by atoms with Crippen LogP contribution in [0.25, 0.3) is 133 Å². The quantitative estimate of drug-likeness (QED) is 0.174. The smallest absolute Gasteiger partial charge is 0.164 e. The molecule has 0 saturated carbocycles. The minimum atomic E-state index is 0.590. The molecular weight excluding hydrogens is 759 g/mol. The van der Waals surface area contributed by atoms with Crippen LogP contribution in [0.15, 0.2) is 209 Å². The topological polar surface area (TPSA) is 65.0 Å². The molecule has 0 atom stereocenters. The maximum Gasteiger partial charge on any atom is 0.164 e. The van der Waals surface area contributed by atoms with Crippen LogP contribution in [-0.2, 0) is 0 Å². The van der Waals surface area contributed by atoms with Gasteiger partial charge in [-0.15, -0.1) is 0 Å². The van der Waals surface area contributed by atoms with Crippen molar-refractivity contribution in [1.82, 2.24) is 15.0 Å². The molecule has 0 saturated heterocycles. The van der Waals surface area contributed by atoms with Gasteiger partial charge >= 0.3 is 0 Å². The maximum absolute atomic E-state index is 6.36. The van der Waals surface area contributed by atoms with E-state index in [2.05, 4.69) is 170 Å². The molecule has 0 bridgehead atoms. The van der Waals surface area contributed by atoms with Gasteiger partial charge in [-0.25, -0.2) is 15.0 Å². The van der Waals surface area contributed by atoms with Crippen molar-refractivity contribution in [3.63, 3.8) is 0 Å². The summed E-state index contributed by atoms with van der Waals surface area (Å²) in [7, 11) is 0. The number of nitrogens with zero attached hydrogens (tertiary/aromatic N) is 3. The van der Waals surface area contributed by atoms with Crippen molar-refractivity contribution in [2.75, 3.05) is 0 Å². The zero-order chi connectivity index (χ0) is 40.7. The maximum atomic E-state index is 6.36. The van der Waals surface area contributed by atoms with Gasteiger partial charge in [0, 0.05) is 38.2 Å². The zero-order valence-electron chi connectivity index (χ0n) is 33.2. The first-order valence-electron chi connectivity index (χ1n) is 20.8. The Morgan fingerprint density at radius 2 is 0.806 bits per heavy atom. The monoisotopic (exact) mass is 791 g/mol. The molecule has 0 N–H and O–H groups in total. The number of aromatic nitrogens is 3. The minimum absolute atomic E-state index is 0.590. The average Bonchev–Trinajstić information content (AvgIpc) is 3.90. The van der Waals surface area contributed by atoms with Crippen LogP contribution in [0.5, 0.6) is 0 Å². The Bertz CT molecular complexity index is 3940. The largest absolute Gasteiger partial charge is 0.456 e. The summed E-state index contributed by atoms with van der Waals surface area (Å²) in [5.41, 5.74) is 10.6. The first-order chi connectivity index (χ1) is 30.7. The van der Waals surface area contributed by atoms with E-state index in [1.54, 1.807) is 0 Å². The van der Waals surface area contributed by atoms with E-state index in [0.717, 1.165) is 104 Å². The van der Waals surface area contributed by atoms with Crippen molar-refractivity contribution in [1.29, 1.82) is 0 Å². The number of hydrogen-bond donors (Lipinski definition) is 0. The lowest BCUT2D eigenvalue weighted by atomic mass is 9.92. The lowest BCUT2D eigenvalue weighted by molar-refractivity contribution is 0.669. The van der Waals surface area contributed by atoms with E-state index >= 15 is 0 Å². The molecule has 0 amide bonds. The summed E-state index contributed by atoms with van der Waals surface area (Å²) in [6, 6.07) is 70.0. The van der Waals surface area contributed by atoms with Gasteiger partial charge in [0.2, 0.25) is 0 Å². The van der Waals surface area contributed by atoms with Crippen molar-refractivity contribution < 1.29 is 8.83 Å². The van der Waals surface area contributed by atoms with Gasteiger partial charge in [-0.2, -0.15) is 0 Å². The summed E-state index contributed by atoms with van der Waals surface area (Å²) in [6.45, 7) is 0. The van der Waals surface area contributed by atoms with Gasteiger partial charge in [0.25, 0.3) is 0 Å². The van der Waals surface area contributed by atoms with Crippen LogP contribution in [0.2, 0.25) is 0 Å². The summed E-state index contributed by atoms with van der Waals surface area (Å²) in [4.78, 5) is 15.7. The highest BCUT2D eigenvalue weighted by Gasteiger charge is 2.19. The standard InChI is InChI=1S/C57H33N3O2/c1-2-11-37-28-38(25-22-34(37)10-1)35-20-23-36(24-21-35)55-58-56(41-27-26-39-31-49-45-14-5-7-17-50(45)62-53(49)33-42(39)30-41)60-57(59-55)43-29-40-12-3-4-13-44(40)48(32-43)46-16-9-19-52-54(46)47-15-6-8-18-51(47)61-52/h1-33H. The van der Waals surface area contributed by atoms with Crippen LogP contribution in [0.1, 0.15) is 0 Å². The van der Waals surface area contributed by atoms with E-state index in [1.807, 2.05) is 30.3 Å². The summed E-state index contributed by atoms with van der Waals surface area (Å²) in [5, 5.41) is 11.2. The zero-order valence-corrected chi connectivity index (χ0v) is 33.2. The fourth-order valence-electron chi connectivity index (χ4n) is 9.21. The van der Waals surface area contributed by atoms with Crippen LogP contribution in [0.4, 0.5) is 0 Å². The molecule has 0 radical (unpaired) electrons. The van der Waals surface area contributed by atoms with Gasteiger partial charge in [-0.3, -0.25) is 0 Å². The Balaban J connectivity index is 1.000. The third-order valence-corrected chi connectivity index (χ3v) is 12.3. The molecule has 62 heavy (non-hydrogen) atoms. The fraction of sp³-hybridized carbons (Fsp3) is 0. The highest BCUT2D eigenvalue weighted by Crippen LogP contribution is 2.42. The molecule has 0 fully saturated rings. The fourth-order valence-corrected chi connectivity index (χ4v) is 9.21. The Hall–Kier alpha value is -8.41. The van der Waals surface area contributed by atoms with Crippen LogP contribution in [0, 0.1) is 0 Å². The number of benzene rings is 10. The molecule has 3 aromatic heterocycles. The van der Waals surface area contributed by atoms with Gasteiger partial charge < -0.3 is 8.83 Å². The van der Waals surface area contributed by atoms with E-state index in [0.29, 0.717) is 17.5 Å². The number of para-hydroxylation sites is 2. The molecular formula is C57H33N3O2. The minimum Gasteiger partial charge on any atom is -0.456 e. The first-order valence-corrected chi connectivity index (χ1v) is 20.8. The van der Waals surface area contributed by atoms with Gasteiger partial charge in [-0.1, -0.05) is 146 Å². The lowest BCUT2D eigenvalue weighted by Gasteiger charge is -2.13. The summed E-state index contributed by atoms with van der Waals surface area (Å²) < 4.78 is 12.7. The van der Waals surface area contributed by atoms with E-state index in [4.69, 9.17) is 23.8 Å². The van der Waals surface area contributed by atoms with Gasteiger partial charge in [0.1, 0.15) is 22.3 Å². The highest BCUT2D eigenvalue weighted by molar-refractivity contribution is 6.16. The Morgan fingerprint density at radius 3 is 1.65 bits per heavy atom. The predicted octanol–water partition coefficient (Wildman–Crippen LogP) is 15.5. The van der Waals surface area contributed by atoms with E-state index in [1.165, 1.54) is 10.8 Å². The second kappa shape index (κ2) is 13.6. The van der Waals surface area contributed by atoms with Gasteiger partial charge in [0.15, 0.2) is 17.5 Å². The van der Waals surface area contributed by atoms with Crippen LogP contribution >= 0.6 is 0 Å². The number of hydrogen-bond acceptors (Lipinski definition) is 5. The van der Waals surface area contributed by atoms with Crippen LogP contribution < -0.4 is 0 Å². The highest BCUT2D eigenvalue weighted by atomic mass is 16.3. The van der Waals surface area contributed by atoms with Crippen molar-refractivity contribution in [2.45, 2.75) is 0 Å². The van der Waals surface area contributed by atoms with Crippen molar-refractivity contribution in [2.24, 2.45) is 0 Å².